The van der Waals surface area contributed by atoms with Gasteiger partial charge >= 0.3 is 5.97 Å². The first kappa shape index (κ1) is 19.9. The zero-order chi connectivity index (χ0) is 18.1. The third-order valence-electron chi connectivity index (χ3n) is 3.27. The number of esters is 1. The Morgan fingerprint density at radius 1 is 1.12 bits per heavy atom. The standard InChI is InChI=1S/C18H22ClNO4/c1-4-10-24-18(23)12-8-7-9-14(17(12)19)20-11-13(15(21)5-2)16(22)6-3/h7-9,11,20H,4-6,10H2,1-3H3. The second kappa shape index (κ2) is 9.88. The van der Waals surface area contributed by atoms with Crippen LogP contribution in [-0.2, 0) is 14.3 Å². The molecule has 0 atom stereocenters. The van der Waals surface area contributed by atoms with Crippen molar-refractivity contribution in [3.63, 3.8) is 0 Å². The van der Waals surface area contributed by atoms with Crippen LogP contribution in [0.2, 0.25) is 5.02 Å². The zero-order valence-corrected chi connectivity index (χ0v) is 14.9. The minimum Gasteiger partial charge on any atom is -0.462 e. The third-order valence-corrected chi connectivity index (χ3v) is 3.68. The average Bonchev–Trinajstić information content (AvgIpc) is 2.60. The maximum atomic E-state index is 12.0. The van der Waals surface area contributed by atoms with Crippen LogP contribution < -0.4 is 5.32 Å². The Morgan fingerprint density at radius 2 is 1.75 bits per heavy atom. The Kier molecular flexibility index (Phi) is 8.19. The minimum absolute atomic E-state index is 0.0926. The van der Waals surface area contributed by atoms with Crippen LogP contribution in [0.15, 0.2) is 30.0 Å². The highest BCUT2D eigenvalue weighted by Crippen LogP contribution is 2.27. The maximum Gasteiger partial charge on any atom is 0.339 e. The van der Waals surface area contributed by atoms with E-state index < -0.39 is 5.97 Å². The monoisotopic (exact) mass is 351 g/mol. The Bertz CT molecular complexity index is 634. The molecule has 0 saturated heterocycles. The van der Waals surface area contributed by atoms with E-state index in [0.29, 0.717) is 18.7 Å². The summed E-state index contributed by atoms with van der Waals surface area (Å²) >= 11 is 6.23. The van der Waals surface area contributed by atoms with Gasteiger partial charge in [0.1, 0.15) is 0 Å². The average molecular weight is 352 g/mol. The lowest BCUT2D eigenvalue weighted by molar-refractivity contribution is -0.121. The number of anilines is 1. The predicted octanol–water partition coefficient (Wildman–Crippen LogP) is 4.16. The van der Waals surface area contributed by atoms with E-state index in [4.69, 9.17) is 16.3 Å². The number of ether oxygens (including phenoxy) is 1. The number of allylic oxidation sites excluding steroid dienone is 1. The zero-order valence-electron chi connectivity index (χ0n) is 14.1. The molecule has 0 amide bonds. The lowest BCUT2D eigenvalue weighted by Gasteiger charge is -2.10. The van der Waals surface area contributed by atoms with Crippen molar-refractivity contribution in [1.82, 2.24) is 0 Å². The molecule has 0 heterocycles. The summed E-state index contributed by atoms with van der Waals surface area (Å²) < 4.78 is 5.08. The van der Waals surface area contributed by atoms with E-state index >= 15 is 0 Å². The fraction of sp³-hybridized carbons (Fsp3) is 0.389. The SMILES string of the molecule is CCCOC(=O)c1cccc(NC=C(C(=O)CC)C(=O)CC)c1Cl. The molecule has 0 aliphatic rings. The van der Waals surface area contributed by atoms with Gasteiger partial charge in [0.25, 0.3) is 0 Å². The first-order valence-corrected chi connectivity index (χ1v) is 8.32. The number of ketones is 2. The number of carbonyl (C=O) groups excluding carboxylic acids is 3. The number of Topliss-reactive ketones (excluding diaryl/α,β-unsaturated/α-hetero) is 2. The van der Waals surface area contributed by atoms with Crippen LogP contribution in [0.5, 0.6) is 0 Å². The van der Waals surface area contributed by atoms with Crippen LogP contribution in [0.3, 0.4) is 0 Å². The van der Waals surface area contributed by atoms with Gasteiger partial charge in [0.2, 0.25) is 0 Å². The van der Waals surface area contributed by atoms with E-state index in [1.807, 2.05) is 6.92 Å². The lowest BCUT2D eigenvalue weighted by Crippen LogP contribution is -2.13. The molecule has 6 heteroatoms. The predicted molar refractivity (Wildman–Crippen MR) is 94.3 cm³/mol. The molecule has 1 rings (SSSR count). The first-order chi connectivity index (χ1) is 11.5. The second-order valence-electron chi connectivity index (χ2n) is 5.06. The van der Waals surface area contributed by atoms with Crippen molar-refractivity contribution < 1.29 is 19.1 Å². The summed E-state index contributed by atoms with van der Waals surface area (Å²) in [6.07, 6.45) is 2.53. The first-order valence-electron chi connectivity index (χ1n) is 7.94. The lowest BCUT2D eigenvalue weighted by atomic mass is 10.0. The Morgan fingerprint density at radius 3 is 2.29 bits per heavy atom. The van der Waals surface area contributed by atoms with Crippen molar-refractivity contribution in [3.05, 3.63) is 40.6 Å². The van der Waals surface area contributed by atoms with Crippen LogP contribution in [0.4, 0.5) is 5.69 Å². The van der Waals surface area contributed by atoms with Crippen LogP contribution in [-0.4, -0.2) is 24.1 Å². The van der Waals surface area contributed by atoms with E-state index in [1.54, 1.807) is 32.0 Å². The molecule has 1 aromatic carbocycles. The Balaban J connectivity index is 3.06. The summed E-state index contributed by atoms with van der Waals surface area (Å²) in [6.45, 7) is 5.59. The molecule has 0 aliphatic carbocycles. The third kappa shape index (κ3) is 5.20. The minimum atomic E-state index is -0.510. The van der Waals surface area contributed by atoms with Crippen LogP contribution in [0.1, 0.15) is 50.4 Å². The fourth-order valence-corrected chi connectivity index (χ4v) is 2.18. The molecule has 0 aromatic heterocycles. The molecular weight excluding hydrogens is 330 g/mol. The number of halogens is 1. The topological polar surface area (TPSA) is 72.5 Å². The normalized spacial score (nSPS) is 10.0. The molecule has 130 valence electrons. The number of nitrogens with one attached hydrogen (secondary N) is 1. The van der Waals surface area contributed by atoms with Gasteiger partial charge in [-0.2, -0.15) is 0 Å². The van der Waals surface area contributed by atoms with Crippen LogP contribution in [0, 0.1) is 0 Å². The molecule has 1 aromatic rings. The summed E-state index contributed by atoms with van der Waals surface area (Å²) in [7, 11) is 0. The van der Waals surface area contributed by atoms with Crippen LogP contribution >= 0.6 is 11.6 Å². The molecule has 1 N–H and O–H groups in total. The molecule has 24 heavy (non-hydrogen) atoms. The van der Waals surface area contributed by atoms with Crippen molar-refractivity contribution in [3.8, 4) is 0 Å². The van der Waals surface area contributed by atoms with E-state index in [9.17, 15) is 14.4 Å². The van der Waals surface area contributed by atoms with Gasteiger partial charge in [-0.1, -0.05) is 38.4 Å². The van der Waals surface area contributed by atoms with Gasteiger partial charge in [0, 0.05) is 19.0 Å². The molecule has 0 bridgehead atoms. The van der Waals surface area contributed by atoms with Crippen LogP contribution in [0.25, 0.3) is 0 Å². The molecule has 0 radical (unpaired) electrons. The molecular formula is C18H22ClNO4. The van der Waals surface area contributed by atoms with E-state index in [2.05, 4.69) is 5.32 Å². The van der Waals surface area contributed by atoms with E-state index in [1.165, 1.54) is 6.20 Å². The van der Waals surface area contributed by atoms with Gasteiger partial charge in [0.15, 0.2) is 11.6 Å². The van der Waals surface area contributed by atoms with Gasteiger partial charge in [-0.05, 0) is 18.6 Å². The Hall–Kier alpha value is -2.14. The van der Waals surface area contributed by atoms with Crippen molar-refractivity contribution >= 4 is 34.8 Å². The molecule has 0 fully saturated rings. The largest absolute Gasteiger partial charge is 0.462 e. The van der Waals surface area contributed by atoms with E-state index in [-0.39, 0.29) is 40.6 Å². The van der Waals surface area contributed by atoms with Crippen molar-refractivity contribution in [2.45, 2.75) is 40.0 Å². The van der Waals surface area contributed by atoms with Gasteiger partial charge in [0.05, 0.1) is 28.5 Å². The second-order valence-corrected chi connectivity index (χ2v) is 5.44. The number of hydrogen-bond acceptors (Lipinski definition) is 5. The van der Waals surface area contributed by atoms with Gasteiger partial charge in [-0.3, -0.25) is 9.59 Å². The fourth-order valence-electron chi connectivity index (χ4n) is 1.92. The molecule has 5 nitrogen and oxygen atoms in total. The van der Waals surface area contributed by atoms with Gasteiger partial charge in [-0.15, -0.1) is 0 Å². The maximum absolute atomic E-state index is 12.0. The number of carbonyl (C=O) groups is 3. The molecule has 0 spiro atoms. The van der Waals surface area contributed by atoms with Crippen molar-refractivity contribution in [2.24, 2.45) is 0 Å². The molecule has 0 saturated carbocycles. The van der Waals surface area contributed by atoms with Crippen molar-refractivity contribution in [2.75, 3.05) is 11.9 Å². The number of benzene rings is 1. The van der Waals surface area contributed by atoms with Gasteiger partial charge in [-0.25, -0.2) is 4.79 Å². The quantitative estimate of drug-likeness (QED) is 0.313. The summed E-state index contributed by atoms with van der Waals surface area (Å²) in [5.41, 5.74) is 0.747. The Labute approximate surface area is 147 Å². The highest BCUT2D eigenvalue weighted by atomic mass is 35.5. The smallest absolute Gasteiger partial charge is 0.339 e. The molecule has 0 aliphatic heterocycles. The van der Waals surface area contributed by atoms with Crippen molar-refractivity contribution in [1.29, 1.82) is 0 Å². The summed E-state index contributed by atoms with van der Waals surface area (Å²) in [5, 5.41) is 3.03. The summed E-state index contributed by atoms with van der Waals surface area (Å²) in [5.74, 6) is -1.00. The molecule has 0 unspecified atom stereocenters. The van der Waals surface area contributed by atoms with Gasteiger partial charge < -0.3 is 10.1 Å². The highest BCUT2D eigenvalue weighted by molar-refractivity contribution is 6.36. The highest BCUT2D eigenvalue weighted by Gasteiger charge is 2.17. The summed E-state index contributed by atoms with van der Waals surface area (Å²) in [4.78, 5) is 35.7. The summed E-state index contributed by atoms with van der Waals surface area (Å²) in [6, 6.07) is 4.86. The number of hydrogen-bond donors (Lipinski definition) is 1. The van der Waals surface area contributed by atoms with E-state index in [0.717, 1.165) is 0 Å². The number of rotatable bonds is 9.